The lowest BCUT2D eigenvalue weighted by Crippen LogP contribution is -2.14. The molecule has 1 amide bonds. The maximum atomic E-state index is 12.5. The summed E-state index contributed by atoms with van der Waals surface area (Å²) in [7, 11) is 0. The summed E-state index contributed by atoms with van der Waals surface area (Å²) in [6, 6.07) is 0. The van der Waals surface area contributed by atoms with Crippen LogP contribution in [0.3, 0.4) is 0 Å². The molecule has 2 heterocycles. The number of ether oxygens (including phenoxy) is 1. The predicted molar refractivity (Wildman–Crippen MR) is 92.6 cm³/mol. The molecule has 2 aromatic heterocycles. The molecule has 130 valence electrons. The van der Waals surface area contributed by atoms with E-state index in [2.05, 4.69) is 34.3 Å². The van der Waals surface area contributed by atoms with E-state index >= 15 is 0 Å². The normalized spacial score (nSPS) is 10.9. The lowest BCUT2D eigenvalue weighted by molar-refractivity contribution is 0.0519. The fraction of sp³-hybridized carbons (Fsp3) is 0.500. The Morgan fingerprint density at radius 3 is 2.62 bits per heavy atom. The minimum atomic E-state index is -0.465. The molecule has 24 heavy (non-hydrogen) atoms. The van der Waals surface area contributed by atoms with Gasteiger partial charge < -0.3 is 9.72 Å². The van der Waals surface area contributed by atoms with E-state index < -0.39 is 5.97 Å². The number of esters is 1. The molecule has 0 aliphatic heterocycles. The lowest BCUT2D eigenvalue weighted by atomic mass is 10.1. The number of rotatable bonds is 6. The van der Waals surface area contributed by atoms with Crippen LogP contribution in [0.4, 0.5) is 5.13 Å². The Bertz CT molecular complexity index is 749. The molecule has 0 spiro atoms. The van der Waals surface area contributed by atoms with Crippen molar-refractivity contribution in [1.29, 1.82) is 0 Å². The Labute approximate surface area is 144 Å². The van der Waals surface area contributed by atoms with Crippen molar-refractivity contribution in [2.45, 2.75) is 41.0 Å². The van der Waals surface area contributed by atoms with Gasteiger partial charge in [0, 0.05) is 12.1 Å². The number of aromatic nitrogens is 3. The number of hydrogen-bond acceptors (Lipinski definition) is 6. The highest BCUT2D eigenvalue weighted by atomic mass is 32.1. The Hall–Kier alpha value is -2.22. The van der Waals surface area contributed by atoms with Crippen molar-refractivity contribution in [3.05, 3.63) is 27.5 Å². The van der Waals surface area contributed by atoms with Gasteiger partial charge in [-0.25, -0.2) is 4.79 Å². The summed E-state index contributed by atoms with van der Waals surface area (Å²) < 4.78 is 4.99. The van der Waals surface area contributed by atoms with Crippen molar-refractivity contribution >= 4 is 28.3 Å². The molecule has 7 nitrogen and oxygen atoms in total. The first-order valence-electron chi connectivity index (χ1n) is 7.83. The summed E-state index contributed by atoms with van der Waals surface area (Å²) >= 11 is 1.36. The molecule has 0 saturated carbocycles. The lowest BCUT2D eigenvalue weighted by Gasteiger charge is -2.03. The molecule has 0 bridgehead atoms. The third kappa shape index (κ3) is 4.00. The molecule has 0 aliphatic carbocycles. The zero-order valence-electron chi connectivity index (χ0n) is 14.5. The molecule has 0 unspecified atom stereocenters. The van der Waals surface area contributed by atoms with Crippen LogP contribution in [-0.4, -0.2) is 33.7 Å². The summed E-state index contributed by atoms with van der Waals surface area (Å²) in [6.07, 6.45) is 0.822. The molecule has 0 aliphatic rings. The maximum Gasteiger partial charge on any atom is 0.355 e. The standard InChI is InChI=1S/C16H22N4O3S/c1-6-23-15(22)13-9(4)12(10(5)17-13)14(21)18-16-20-19-11(24-16)7-8(2)3/h8,17H,6-7H2,1-5H3,(H,18,20,21). The third-order valence-corrected chi connectivity index (χ3v) is 4.28. The van der Waals surface area contributed by atoms with Crippen molar-refractivity contribution in [3.63, 3.8) is 0 Å². The van der Waals surface area contributed by atoms with Crippen LogP contribution in [0.15, 0.2) is 0 Å². The Morgan fingerprint density at radius 2 is 2.00 bits per heavy atom. The second-order valence-electron chi connectivity index (χ2n) is 5.90. The van der Waals surface area contributed by atoms with Crippen molar-refractivity contribution in [2.75, 3.05) is 11.9 Å². The number of anilines is 1. The number of hydrogen-bond donors (Lipinski definition) is 2. The molecule has 0 aromatic carbocycles. The van der Waals surface area contributed by atoms with Gasteiger partial charge >= 0.3 is 5.97 Å². The zero-order chi connectivity index (χ0) is 17.9. The average Bonchev–Trinajstić information content (AvgIpc) is 3.02. The van der Waals surface area contributed by atoms with E-state index in [1.54, 1.807) is 20.8 Å². The van der Waals surface area contributed by atoms with Crippen LogP contribution in [0.1, 0.15) is 57.9 Å². The van der Waals surface area contributed by atoms with E-state index in [9.17, 15) is 9.59 Å². The average molecular weight is 350 g/mol. The number of carbonyl (C=O) groups is 2. The molecule has 0 atom stereocenters. The predicted octanol–water partition coefficient (Wildman–Crippen LogP) is 3.11. The zero-order valence-corrected chi connectivity index (χ0v) is 15.3. The number of amides is 1. The first-order chi connectivity index (χ1) is 11.3. The van der Waals surface area contributed by atoms with Crippen LogP contribution >= 0.6 is 11.3 Å². The summed E-state index contributed by atoms with van der Waals surface area (Å²) in [5.41, 5.74) is 1.91. The molecule has 0 fully saturated rings. The molecule has 8 heteroatoms. The van der Waals surface area contributed by atoms with Crippen molar-refractivity contribution < 1.29 is 14.3 Å². The van der Waals surface area contributed by atoms with Crippen LogP contribution in [0.2, 0.25) is 0 Å². The molecular weight excluding hydrogens is 328 g/mol. The van der Waals surface area contributed by atoms with Gasteiger partial charge in [0.25, 0.3) is 5.91 Å². The first-order valence-corrected chi connectivity index (χ1v) is 8.65. The van der Waals surface area contributed by atoms with Gasteiger partial charge in [-0.15, -0.1) is 10.2 Å². The van der Waals surface area contributed by atoms with Gasteiger partial charge in [0.1, 0.15) is 10.7 Å². The van der Waals surface area contributed by atoms with Gasteiger partial charge in [0.05, 0.1) is 12.2 Å². The quantitative estimate of drug-likeness (QED) is 0.780. The van der Waals surface area contributed by atoms with Crippen LogP contribution in [0.5, 0.6) is 0 Å². The fourth-order valence-corrected chi connectivity index (χ4v) is 3.34. The monoisotopic (exact) mass is 350 g/mol. The number of H-pyrrole nitrogens is 1. The topological polar surface area (TPSA) is 97.0 Å². The highest BCUT2D eigenvalue weighted by Gasteiger charge is 2.23. The van der Waals surface area contributed by atoms with Gasteiger partial charge in [-0.2, -0.15) is 0 Å². The van der Waals surface area contributed by atoms with E-state index in [1.807, 2.05) is 0 Å². The first kappa shape index (κ1) is 18.1. The fourth-order valence-electron chi connectivity index (χ4n) is 2.39. The van der Waals surface area contributed by atoms with E-state index in [1.165, 1.54) is 11.3 Å². The highest BCUT2D eigenvalue weighted by molar-refractivity contribution is 7.15. The van der Waals surface area contributed by atoms with Crippen molar-refractivity contribution in [1.82, 2.24) is 15.2 Å². The van der Waals surface area contributed by atoms with Gasteiger partial charge in [-0.3, -0.25) is 10.1 Å². The van der Waals surface area contributed by atoms with Gasteiger partial charge in [-0.05, 0) is 32.3 Å². The minimum Gasteiger partial charge on any atom is -0.461 e. The van der Waals surface area contributed by atoms with Crippen LogP contribution in [-0.2, 0) is 11.2 Å². The number of nitrogens with zero attached hydrogens (tertiary/aromatic N) is 2. The SMILES string of the molecule is CCOC(=O)c1[nH]c(C)c(C(=O)Nc2nnc(CC(C)C)s2)c1C. The Kier molecular flexibility index (Phi) is 5.71. The second-order valence-corrected chi connectivity index (χ2v) is 6.96. The van der Waals surface area contributed by atoms with Gasteiger partial charge in [0.2, 0.25) is 5.13 Å². The van der Waals surface area contributed by atoms with Crippen LogP contribution < -0.4 is 5.32 Å². The smallest absolute Gasteiger partial charge is 0.355 e. The second kappa shape index (κ2) is 7.57. The van der Waals surface area contributed by atoms with Crippen LogP contribution in [0, 0.1) is 19.8 Å². The number of carbonyl (C=O) groups excluding carboxylic acids is 2. The number of aryl methyl sites for hydroxylation is 1. The van der Waals surface area contributed by atoms with E-state index in [4.69, 9.17) is 4.74 Å². The Morgan fingerprint density at radius 1 is 1.29 bits per heavy atom. The maximum absolute atomic E-state index is 12.5. The third-order valence-electron chi connectivity index (χ3n) is 3.41. The van der Waals surface area contributed by atoms with Crippen molar-refractivity contribution in [2.24, 2.45) is 5.92 Å². The van der Waals surface area contributed by atoms with E-state index in [0.717, 1.165) is 11.4 Å². The largest absolute Gasteiger partial charge is 0.461 e. The summed E-state index contributed by atoms with van der Waals surface area (Å²) in [4.78, 5) is 27.4. The van der Waals surface area contributed by atoms with E-state index in [0.29, 0.717) is 33.6 Å². The molecule has 2 rings (SSSR count). The van der Waals surface area contributed by atoms with E-state index in [-0.39, 0.29) is 12.5 Å². The summed E-state index contributed by atoms with van der Waals surface area (Å²) in [5, 5.41) is 12.2. The molecule has 2 aromatic rings. The van der Waals surface area contributed by atoms with Crippen LogP contribution in [0.25, 0.3) is 0 Å². The highest BCUT2D eigenvalue weighted by Crippen LogP contribution is 2.23. The minimum absolute atomic E-state index is 0.279. The van der Waals surface area contributed by atoms with Gasteiger partial charge in [0.15, 0.2) is 0 Å². The number of nitrogens with one attached hydrogen (secondary N) is 2. The molecular formula is C16H22N4O3S. The Balaban J connectivity index is 2.18. The molecule has 2 N–H and O–H groups in total. The number of aromatic amines is 1. The van der Waals surface area contributed by atoms with Crippen molar-refractivity contribution in [3.8, 4) is 0 Å². The summed E-state index contributed by atoms with van der Waals surface area (Å²) in [5.74, 6) is -0.306. The summed E-state index contributed by atoms with van der Waals surface area (Å²) in [6.45, 7) is 9.68. The molecule has 0 radical (unpaired) electrons. The van der Waals surface area contributed by atoms with Gasteiger partial charge in [-0.1, -0.05) is 25.2 Å². The molecule has 0 saturated heterocycles.